The molecule has 6 heteroatoms. The molecule has 0 spiro atoms. The number of fused-ring (bicyclic) bond motifs is 5. The number of pyridine rings is 1. The number of halogens is 1. The van der Waals surface area contributed by atoms with Crippen LogP contribution in [-0.4, -0.2) is 40.4 Å². The Morgan fingerprint density at radius 3 is 2.94 bits per heavy atom. The Balaban J connectivity index is 1.35. The number of benzene rings is 1. The van der Waals surface area contributed by atoms with Crippen molar-refractivity contribution in [3.05, 3.63) is 70.8 Å². The van der Waals surface area contributed by atoms with Crippen molar-refractivity contribution in [3.8, 4) is 0 Å². The van der Waals surface area contributed by atoms with E-state index in [-0.39, 0.29) is 30.3 Å². The zero-order valence-electron chi connectivity index (χ0n) is 18.9. The molecule has 3 aliphatic carbocycles. The first-order valence-corrected chi connectivity index (χ1v) is 11.9. The van der Waals surface area contributed by atoms with Crippen molar-refractivity contribution in [2.24, 2.45) is 17.3 Å². The minimum absolute atomic E-state index is 0.0353. The summed E-state index contributed by atoms with van der Waals surface area (Å²) in [5.41, 5.74) is 5.41. The third kappa shape index (κ3) is 3.89. The molecule has 0 radical (unpaired) electrons. The molecule has 0 aliphatic heterocycles. The van der Waals surface area contributed by atoms with Gasteiger partial charge in [-0.15, -0.1) is 0 Å². The summed E-state index contributed by atoms with van der Waals surface area (Å²) in [5, 5.41) is 21.1. The number of carbonyl (C=O) groups is 1. The van der Waals surface area contributed by atoms with E-state index in [1.165, 1.54) is 22.9 Å². The highest BCUT2D eigenvalue weighted by Gasteiger charge is 2.52. The monoisotopic (exact) mass is 450 g/mol. The maximum atomic E-state index is 13.9. The molecule has 3 aliphatic rings. The number of nitrogens with one attached hydrogen (secondary N) is 1. The van der Waals surface area contributed by atoms with Crippen molar-refractivity contribution in [1.29, 1.82) is 0 Å². The molecule has 1 amide bonds. The molecular weight excluding hydrogens is 419 g/mol. The van der Waals surface area contributed by atoms with Crippen LogP contribution in [0.4, 0.5) is 4.39 Å². The number of aliphatic hydroxyl groups is 2. The molecule has 1 fully saturated rings. The zero-order chi connectivity index (χ0) is 23.2. The summed E-state index contributed by atoms with van der Waals surface area (Å²) in [6.45, 7) is 2.01. The van der Waals surface area contributed by atoms with Crippen LogP contribution in [0.5, 0.6) is 0 Å². The lowest BCUT2D eigenvalue weighted by atomic mass is 9.54. The normalized spacial score (nSPS) is 28.8. The topological polar surface area (TPSA) is 82.5 Å². The highest BCUT2D eigenvalue weighted by molar-refractivity contribution is 5.94. The van der Waals surface area contributed by atoms with Crippen molar-refractivity contribution in [1.82, 2.24) is 10.3 Å². The number of carbonyl (C=O) groups excluding carboxylic acids is 1. The Morgan fingerprint density at radius 2 is 2.15 bits per heavy atom. The third-order valence-electron chi connectivity index (χ3n) is 8.29. The van der Waals surface area contributed by atoms with Gasteiger partial charge >= 0.3 is 0 Å². The second-order valence-electron chi connectivity index (χ2n) is 10.1. The molecule has 1 heterocycles. The summed E-state index contributed by atoms with van der Waals surface area (Å²) < 4.78 is 13.9. The van der Waals surface area contributed by atoms with Crippen molar-refractivity contribution >= 4 is 11.5 Å². The fourth-order valence-corrected chi connectivity index (χ4v) is 6.67. The minimum atomic E-state index is -0.947. The third-order valence-corrected chi connectivity index (χ3v) is 8.29. The van der Waals surface area contributed by atoms with Gasteiger partial charge in [-0.3, -0.25) is 9.78 Å². The van der Waals surface area contributed by atoms with Crippen LogP contribution in [0.1, 0.15) is 65.6 Å². The molecule has 33 heavy (non-hydrogen) atoms. The molecule has 5 nitrogen and oxygen atoms in total. The molecule has 0 bridgehead atoms. The van der Waals surface area contributed by atoms with E-state index in [1.807, 2.05) is 12.1 Å². The predicted molar refractivity (Wildman–Crippen MR) is 124 cm³/mol. The molecular formula is C27H31FN2O3. The summed E-state index contributed by atoms with van der Waals surface area (Å²) in [4.78, 5) is 16.6. The second kappa shape index (κ2) is 8.65. The van der Waals surface area contributed by atoms with E-state index >= 15 is 0 Å². The Morgan fingerprint density at radius 1 is 1.30 bits per heavy atom. The number of amides is 1. The Kier molecular flexibility index (Phi) is 5.83. The molecule has 3 N–H and O–H groups in total. The Labute approximate surface area is 193 Å². The highest BCUT2D eigenvalue weighted by atomic mass is 19.1. The summed E-state index contributed by atoms with van der Waals surface area (Å²) in [6.07, 6.45) is 9.61. The van der Waals surface area contributed by atoms with Crippen molar-refractivity contribution < 1.29 is 19.4 Å². The Bertz CT molecular complexity index is 1100. The van der Waals surface area contributed by atoms with Gasteiger partial charge in [0.2, 0.25) is 0 Å². The van der Waals surface area contributed by atoms with Gasteiger partial charge in [-0.1, -0.05) is 19.1 Å². The number of rotatable bonds is 5. The van der Waals surface area contributed by atoms with Gasteiger partial charge in [0.05, 0.1) is 18.9 Å². The van der Waals surface area contributed by atoms with Gasteiger partial charge in [0.25, 0.3) is 5.91 Å². The van der Waals surface area contributed by atoms with E-state index < -0.39 is 6.10 Å². The van der Waals surface area contributed by atoms with Crippen LogP contribution in [0.25, 0.3) is 5.57 Å². The summed E-state index contributed by atoms with van der Waals surface area (Å²) >= 11 is 0. The largest absolute Gasteiger partial charge is 0.394 e. The summed E-state index contributed by atoms with van der Waals surface area (Å²) in [6, 6.07) is 7.61. The number of hydrogen-bond donors (Lipinski definition) is 3. The molecule has 0 unspecified atom stereocenters. The number of nitrogens with zero attached hydrogens (tertiary/aromatic N) is 1. The average Bonchev–Trinajstić information content (AvgIpc) is 3.19. The van der Waals surface area contributed by atoms with Gasteiger partial charge in [0.15, 0.2) is 0 Å². The van der Waals surface area contributed by atoms with Crippen LogP contribution in [0.15, 0.2) is 42.7 Å². The lowest BCUT2D eigenvalue weighted by Crippen LogP contribution is -2.41. The van der Waals surface area contributed by atoms with Gasteiger partial charge < -0.3 is 15.5 Å². The first-order chi connectivity index (χ1) is 15.9. The number of aliphatic hydroxyl groups excluding tert-OH is 2. The molecule has 0 saturated heterocycles. The average molecular weight is 451 g/mol. The highest BCUT2D eigenvalue weighted by Crippen LogP contribution is 2.63. The van der Waals surface area contributed by atoms with Crippen molar-refractivity contribution in [2.45, 2.75) is 51.0 Å². The molecule has 174 valence electrons. The van der Waals surface area contributed by atoms with Crippen LogP contribution in [0.3, 0.4) is 0 Å². The molecule has 1 aromatic heterocycles. The van der Waals surface area contributed by atoms with E-state index in [0.717, 1.165) is 37.7 Å². The quantitative estimate of drug-likeness (QED) is 0.646. The minimum Gasteiger partial charge on any atom is -0.394 e. The smallest absolute Gasteiger partial charge is 0.251 e. The fourth-order valence-electron chi connectivity index (χ4n) is 6.67. The van der Waals surface area contributed by atoms with Gasteiger partial charge in [0, 0.05) is 18.3 Å². The van der Waals surface area contributed by atoms with Crippen LogP contribution >= 0.6 is 0 Å². The van der Waals surface area contributed by atoms with E-state index in [0.29, 0.717) is 23.3 Å². The van der Waals surface area contributed by atoms with E-state index in [9.17, 15) is 14.3 Å². The van der Waals surface area contributed by atoms with E-state index in [4.69, 9.17) is 5.11 Å². The molecule has 5 atom stereocenters. The summed E-state index contributed by atoms with van der Waals surface area (Å²) in [5.74, 6) is 1.08. The standard InChI is InChI=1S/C27H31FN2O3/c1-27-9-8-22-21-4-3-17(26(33)30-14-20(32)15-31)10-16(21)2-5-23(22)25(27)7-6-24(27)18-11-19(28)13-29-12-18/h3-4,6,10-13,20,22-23,25,31-32H,2,5,7-9,14-15H2,1H3,(H,30,33)/t20-,22-,23-,25+,27-/m1/s1. The van der Waals surface area contributed by atoms with Crippen molar-refractivity contribution in [2.75, 3.05) is 13.2 Å². The van der Waals surface area contributed by atoms with Gasteiger partial charge in [-0.05, 0) is 95.7 Å². The zero-order valence-corrected chi connectivity index (χ0v) is 18.9. The van der Waals surface area contributed by atoms with E-state index in [1.54, 1.807) is 12.3 Å². The number of allylic oxidation sites excluding steroid dienone is 2. The number of hydrogen-bond acceptors (Lipinski definition) is 4. The fraction of sp³-hybridized carbons (Fsp3) is 0.481. The Hall–Kier alpha value is -2.57. The van der Waals surface area contributed by atoms with Gasteiger partial charge in [0.1, 0.15) is 5.82 Å². The molecule has 2 aromatic rings. The lowest BCUT2D eigenvalue weighted by Gasteiger charge is -2.50. The van der Waals surface area contributed by atoms with Crippen LogP contribution in [-0.2, 0) is 6.42 Å². The predicted octanol–water partition coefficient (Wildman–Crippen LogP) is 3.85. The molecule has 5 rings (SSSR count). The molecule has 1 aromatic carbocycles. The first kappa shape index (κ1) is 22.2. The number of aryl methyl sites for hydroxylation is 1. The van der Waals surface area contributed by atoms with Crippen LogP contribution < -0.4 is 5.32 Å². The maximum Gasteiger partial charge on any atom is 0.251 e. The van der Waals surface area contributed by atoms with Crippen LogP contribution in [0.2, 0.25) is 0 Å². The molecule has 1 saturated carbocycles. The summed E-state index contributed by atoms with van der Waals surface area (Å²) in [7, 11) is 0. The van der Waals surface area contributed by atoms with Gasteiger partial charge in [-0.25, -0.2) is 4.39 Å². The van der Waals surface area contributed by atoms with Crippen LogP contribution in [0, 0.1) is 23.1 Å². The second-order valence-corrected chi connectivity index (χ2v) is 10.1. The first-order valence-electron chi connectivity index (χ1n) is 11.9. The van der Waals surface area contributed by atoms with E-state index in [2.05, 4.69) is 29.4 Å². The van der Waals surface area contributed by atoms with Gasteiger partial charge in [-0.2, -0.15) is 0 Å². The maximum absolute atomic E-state index is 13.9. The lowest BCUT2D eigenvalue weighted by molar-refractivity contribution is 0.0801. The SMILES string of the molecule is C[C@]12CC[C@@H]3c4ccc(C(=O)NC[C@@H](O)CO)cc4CC[C@H]3[C@@H]1CC=C2c1cncc(F)c1. The number of aromatic nitrogens is 1. The van der Waals surface area contributed by atoms with Crippen molar-refractivity contribution in [3.63, 3.8) is 0 Å².